The highest BCUT2D eigenvalue weighted by atomic mass is 79.9. The van der Waals surface area contributed by atoms with Crippen molar-refractivity contribution >= 4 is 38.3 Å². The van der Waals surface area contributed by atoms with Crippen molar-refractivity contribution in [1.29, 1.82) is 0 Å². The van der Waals surface area contributed by atoms with Crippen molar-refractivity contribution in [3.05, 3.63) is 34.1 Å². The van der Waals surface area contributed by atoms with E-state index in [0.29, 0.717) is 5.13 Å². The first kappa shape index (κ1) is 15.3. The van der Waals surface area contributed by atoms with E-state index in [1.54, 1.807) is 0 Å². The summed E-state index contributed by atoms with van der Waals surface area (Å²) in [7, 11) is 0. The lowest BCUT2D eigenvalue weighted by molar-refractivity contribution is -0.118. The Morgan fingerprint density at radius 3 is 2.78 bits per heavy atom. The lowest BCUT2D eigenvalue weighted by atomic mass is 9.92. The largest absolute Gasteiger partial charge is 0.317 e. The third-order valence-electron chi connectivity index (χ3n) is 4.98. The van der Waals surface area contributed by atoms with E-state index >= 15 is 0 Å². The maximum absolute atomic E-state index is 12.5. The van der Waals surface area contributed by atoms with Crippen molar-refractivity contribution in [3.8, 4) is 11.3 Å². The minimum atomic E-state index is 0.142. The van der Waals surface area contributed by atoms with Crippen LogP contribution in [0.1, 0.15) is 19.3 Å². The van der Waals surface area contributed by atoms with Gasteiger partial charge in [0.05, 0.1) is 5.69 Å². The Labute approximate surface area is 147 Å². The first-order chi connectivity index (χ1) is 11.2. The van der Waals surface area contributed by atoms with E-state index in [1.165, 1.54) is 11.3 Å². The van der Waals surface area contributed by atoms with Crippen LogP contribution in [0.2, 0.25) is 0 Å². The van der Waals surface area contributed by atoms with Gasteiger partial charge in [0.25, 0.3) is 0 Å². The average Bonchev–Trinajstić information content (AvgIpc) is 3.04. The summed E-state index contributed by atoms with van der Waals surface area (Å²) in [5, 5.41) is 9.08. The summed E-state index contributed by atoms with van der Waals surface area (Å²) >= 11 is 4.92. The molecular formula is C17H18BrN3OS. The lowest BCUT2D eigenvalue weighted by Crippen LogP contribution is -2.31. The lowest BCUT2D eigenvalue weighted by Gasteiger charge is -2.22. The molecule has 1 aliphatic carbocycles. The predicted molar refractivity (Wildman–Crippen MR) is 96.5 cm³/mol. The number of nitrogens with one attached hydrogen (secondary N) is 2. The van der Waals surface area contributed by atoms with Crippen LogP contribution in [0.25, 0.3) is 11.3 Å². The number of halogens is 1. The molecule has 0 radical (unpaired) electrons. The second-order valence-corrected chi connectivity index (χ2v) is 8.18. The Morgan fingerprint density at radius 1 is 1.30 bits per heavy atom. The van der Waals surface area contributed by atoms with Crippen LogP contribution in [0.15, 0.2) is 34.1 Å². The first-order valence-electron chi connectivity index (χ1n) is 7.89. The summed E-state index contributed by atoms with van der Waals surface area (Å²) in [4.78, 5) is 17.0. The van der Waals surface area contributed by atoms with Crippen molar-refractivity contribution in [2.75, 3.05) is 18.4 Å². The van der Waals surface area contributed by atoms with Gasteiger partial charge in [-0.3, -0.25) is 4.79 Å². The second-order valence-electron chi connectivity index (χ2n) is 6.40. The molecule has 1 aromatic carbocycles. The molecule has 4 rings (SSSR count). The highest BCUT2D eigenvalue weighted by Gasteiger charge is 2.57. The Bertz CT molecular complexity index is 722. The molecule has 1 atom stereocenters. The van der Waals surface area contributed by atoms with Gasteiger partial charge in [0, 0.05) is 21.3 Å². The van der Waals surface area contributed by atoms with E-state index in [0.717, 1.165) is 48.1 Å². The molecule has 1 amide bonds. The third kappa shape index (κ3) is 3.07. The summed E-state index contributed by atoms with van der Waals surface area (Å²) in [6, 6.07) is 8.04. The smallest absolute Gasteiger partial charge is 0.229 e. The van der Waals surface area contributed by atoms with Crippen molar-refractivity contribution in [1.82, 2.24) is 10.3 Å². The van der Waals surface area contributed by atoms with E-state index in [2.05, 4.69) is 31.5 Å². The number of nitrogens with zero attached hydrogens (tertiary/aromatic N) is 1. The minimum Gasteiger partial charge on any atom is -0.317 e. The molecule has 6 heteroatoms. The molecule has 0 bridgehead atoms. The molecule has 1 saturated heterocycles. The molecule has 2 aliphatic rings. The number of hydrogen-bond donors (Lipinski definition) is 2. The molecule has 2 heterocycles. The highest BCUT2D eigenvalue weighted by molar-refractivity contribution is 9.10. The van der Waals surface area contributed by atoms with E-state index in [1.807, 2.05) is 29.6 Å². The molecule has 4 nitrogen and oxygen atoms in total. The van der Waals surface area contributed by atoms with Crippen LogP contribution in [0.4, 0.5) is 5.13 Å². The fourth-order valence-electron chi connectivity index (χ4n) is 3.47. The van der Waals surface area contributed by atoms with Gasteiger partial charge < -0.3 is 10.6 Å². The van der Waals surface area contributed by atoms with Crippen LogP contribution in [-0.4, -0.2) is 24.0 Å². The number of carbonyl (C=O) groups is 1. The van der Waals surface area contributed by atoms with Gasteiger partial charge in [0.1, 0.15) is 0 Å². The van der Waals surface area contributed by atoms with E-state index < -0.39 is 0 Å². The summed E-state index contributed by atoms with van der Waals surface area (Å²) in [6.45, 7) is 2.07. The average molecular weight is 392 g/mol. The molecule has 1 aromatic heterocycles. The van der Waals surface area contributed by atoms with Gasteiger partial charge >= 0.3 is 0 Å². The molecule has 2 fully saturated rings. The summed E-state index contributed by atoms with van der Waals surface area (Å²) in [5.74, 6) is 0.313. The summed E-state index contributed by atoms with van der Waals surface area (Å²) in [6.07, 6.45) is 3.27. The Morgan fingerprint density at radius 2 is 2.04 bits per heavy atom. The van der Waals surface area contributed by atoms with Crippen LogP contribution in [-0.2, 0) is 4.79 Å². The number of carbonyl (C=O) groups excluding carboxylic acids is 1. The highest BCUT2D eigenvalue weighted by Crippen LogP contribution is 2.58. The van der Waals surface area contributed by atoms with Gasteiger partial charge in [0.2, 0.25) is 5.91 Å². The number of hydrogen-bond acceptors (Lipinski definition) is 4. The van der Waals surface area contributed by atoms with Crippen LogP contribution >= 0.6 is 27.3 Å². The van der Waals surface area contributed by atoms with Crippen LogP contribution in [0, 0.1) is 11.3 Å². The predicted octanol–water partition coefficient (Wildman–Crippen LogP) is 3.90. The zero-order chi connectivity index (χ0) is 15.9. The Balaban J connectivity index is 1.42. The second kappa shape index (κ2) is 6.00. The maximum Gasteiger partial charge on any atom is 0.229 e. The van der Waals surface area contributed by atoms with Crippen LogP contribution < -0.4 is 10.6 Å². The Hall–Kier alpha value is -1.24. The van der Waals surface area contributed by atoms with Gasteiger partial charge in [-0.25, -0.2) is 4.98 Å². The van der Waals surface area contributed by atoms with Gasteiger partial charge in [-0.2, -0.15) is 0 Å². The first-order valence-corrected chi connectivity index (χ1v) is 9.57. The normalized spacial score (nSPS) is 22.0. The minimum absolute atomic E-state index is 0.142. The van der Waals surface area contributed by atoms with Crippen LogP contribution in [0.5, 0.6) is 0 Å². The fourth-order valence-corrected chi connectivity index (χ4v) is 4.46. The number of benzene rings is 1. The topological polar surface area (TPSA) is 54.0 Å². The number of aromatic nitrogens is 1. The molecule has 23 heavy (non-hydrogen) atoms. The zero-order valence-electron chi connectivity index (χ0n) is 12.6. The number of anilines is 1. The Kier molecular flexibility index (Phi) is 3.99. The van der Waals surface area contributed by atoms with Gasteiger partial charge in [-0.05, 0) is 49.9 Å². The molecule has 120 valence electrons. The van der Waals surface area contributed by atoms with Crippen molar-refractivity contribution in [3.63, 3.8) is 0 Å². The number of amides is 1. The monoisotopic (exact) mass is 391 g/mol. The van der Waals surface area contributed by atoms with Crippen LogP contribution in [0.3, 0.4) is 0 Å². The van der Waals surface area contributed by atoms with Gasteiger partial charge in [-0.15, -0.1) is 11.3 Å². The van der Waals surface area contributed by atoms with Crippen molar-refractivity contribution in [2.24, 2.45) is 11.3 Å². The van der Waals surface area contributed by atoms with Gasteiger partial charge in [-0.1, -0.05) is 28.1 Å². The zero-order valence-corrected chi connectivity index (χ0v) is 15.0. The fraction of sp³-hybridized carbons (Fsp3) is 0.412. The standard InChI is InChI=1S/C17H18BrN3OS/c18-12-3-1-11(2-4-12)14-10-23-16(20-14)21-15(22)13-9-17(13)5-7-19-8-6-17/h1-4,10,13,19H,5-9H2,(H,20,21,22). The molecule has 1 aliphatic heterocycles. The SMILES string of the molecule is O=C(Nc1nc(-c2ccc(Br)cc2)cs1)C1CC12CCNCC2. The number of piperidine rings is 1. The van der Waals surface area contributed by atoms with Gasteiger partial charge in [0.15, 0.2) is 5.13 Å². The molecule has 2 aromatic rings. The molecule has 1 saturated carbocycles. The van der Waals surface area contributed by atoms with Crippen molar-refractivity contribution < 1.29 is 4.79 Å². The van der Waals surface area contributed by atoms with E-state index in [4.69, 9.17) is 0 Å². The number of thiazole rings is 1. The van der Waals surface area contributed by atoms with Crippen molar-refractivity contribution in [2.45, 2.75) is 19.3 Å². The molecule has 1 unspecified atom stereocenters. The quantitative estimate of drug-likeness (QED) is 0.833. The maximum atomic E-state index is 12.5. The molecule has 1 spiro atoms. The van der Waals surface area contributed by atoms with E-state index in [-0.39, 0.29) is 17.2 Å². The molecular weight excluding hydrogens is 374 g/mol. The number of rotatable bonds is 3. The summed E-state index contributed by atoms with van der Waals surface area (Å²) < 4.78 is 1.05. The third-order valence-corrected chi connectivity index (χ3v) is 6.27. The molecule has 2 N–H and O–H groups in total. The van der Waals surface area contributed by atoms with E-state index in [9.17, 15) is 4.79 Å². The summed E-state index contributed by atoms with van der Waals surface area (Å²) in [5.41, 5.74) is 2.23.